The van der Waals surface area contributed by atoms with Crippen molar-refractivity contribution in [2.45, 2.75) is 5.41 Å². The van der Waals surface area contributed by atoms with Crippen molar-refractivity contribution < 1.29 is 0 Å². The number of benzene rings is 8. The quantitative estimate of drug-likeness (QED) is 0.167. The Labute approximate surface area is 306 Å². The van der Waals surface area contributed by atoms with E-state index in [2.05, 4.69) is 215 Å². The predicted octanol–water partition coefficient (Wildman–Crippen LogP) is 13.2. The maximum absolute atomic E-state index is 3.73. The molecule has 8 aromatic carbocycles. The summed E-state index contributed by atoms with van der Waals surface area (Å²) in [5, 5.41) is 2.50. The van der Waals surface area contributed by atoms with Crippen LogP contribution < -0.4 is 0 Å². The SMILES string of the molecule is Brc1ccccc1-c1ccc(-c2ccc3c4ccccc4n(-c4cccc5c4-c4ccccc4C5(c4ccccc4)c4ccccc4)c3c2)cc1. The van der Waals surface area contributed by atoms with E-state index in [0.29, 0.717) is 0 Å². The lowest BCUT2D eigenvalue weighted by atomic mass is 9.68. The van der Waals surface area contributed by atoms with Gasteiger partial charge in [0, 0.05) is 20.8 Å². The van der Waals surface area contributed by atoms with Gasteiger partial charge in [0.1, 0.15) is 0 Å². The molecule has 1 aromatic heterocycles. The maximum atomic E-state index is 3.73. The van der Waals surface area contributed by atoms with Crippen molar-refractivity contribution in [1.82, 2.24) is 4.57 Å². The molecule has 0 radical (unpaired) electrons. The molecule has 0 aliphatic heterocycles. The minimum absolute atomic E-state index is 0.454. The fourth-order valence-electron chi connectivity index (χ4n) is 8.61. The van der Waals surface area contributed by atoms with Gasteiger partial charge in [0.05, 0.1) is 22.1 Å². The third-order valence-corrected chi connectivity index (χ3v) is 11.5. The Kier molecular flexibility index (Phi) is 6.94. The van der Waals surface area contributed by atoms with Gasteiger partial charge in [-0.1, -0.05) is 186 Å². The van der Waals surface area contributed by atoms with Crippen molar-refractivity contribution in [2.24, 2.45) is 0 Å². The highest BCUT2D eigenvalue weighted by atomic mass is 79.9. The normalized spacial score (nSPS) is 13.0. The van der Waals surface area contributed by atoms with E-state index in [9.17, 15) is 0 Å². The third kappa shape index (κ3) is 4.46. The molecule has 2 heteroatoms. The number of hydrogen-bond donors (Lipinski definition) is 0. The van der Waals surface area contributed by atoms with Crippen LogP contribution in [0.3, 0.4) is 0 Å². The van der Waals surface area contributed by atoms with Gasteiger partial charge in [0.2, 0.25) is 0 Å². The number of aromatic nitrogens is 1. The van der Waals surface area contributed by atoms with Crippen molar-refractivity contribution in [2.75, 3.05) is 0 Å². The summed E-state index contributed by atoms with van der Waals surface area (Å²) in [5.41, 5.74) is 15.7. The average Bonchev–Trinajstić information content (AvgIpc) is 3.69. The lowest BCUT2D eigenvalue weighted by Crippen LogP contribution is -2.28. The highest BCUT2D eigenvalue weighted by Crippen LogP contribution is 2.58. The summed E-state index contributed by atoms with van der Waals surface area (Å²) < 4.78 is 3.61. The van der Waals surface area contributed by atoms with E-state index in [-0.39, 0.29) is 0 Å². The summed E-state index contributed by atoms with van der Waals surface area (Å²) in [5.74, 6) is 0. The van der Waals surface area contributed by atoms with E-state index in [4.69, 9.17) is 0 Å². The van der Waals surface area contributed by atoms with Gasteiger partial charge >= 0.3 is 0 Å². The molecule has 0 fully saturated rings. The Morgan fingerprint density at radius 2 is 0.961 bits per heavy atom. The lowest BCUT2D eigenvalue weighted by Gasteiger charge is -2.34. The van der Waals surface area contributed by atoms with Gasteiger partial charge in [-0.15, -0.1) is 0 Å². The minimum Gasteiger partial charge on any atom is -0.309 e. The first-order chi connectivity index (χ1) is 25.2. The molecule has 0 saturated carbocycles. The van der Waals surface area contributed by atoms with E-state index in [1.807, 2.05) is 0 Å². The Morgan fingerprint density at radius 1 is 0.392 bits per heavy atom. The lowest BCUT2D eigenvalue weighted by molar-refractivity contribution is 0.768. The molecule has 0 amide bonds. The maximum Gasteiger partial charge on any atom is 0.0714 e. The molecular weight excluding hydrogens is 682 g/mol. The van der Waals surface area contributed by atoms with Gasteiger partial charge < -0.3 is 4.57 Å². The van der Waals surface area contributed by atoms with Crippen LogP contribution in [-0.4, -0.2) is 4.57 Å². The number of halogens is 1. The Balaban J connectivity index is 1.24. The van der Waals surface area contributed by atoms with Gasteiger partial charge in [0.15, 0.2) is 0 Å². The van der Waals surface area contributed by atoms with Gasteiger partial charge in [0.25, 0.3) is 0 Å². The zero-order valence-corrected chi connectivity index (χ0v) is 29.4. The molecule has 0 N–H and O–H groups in total. The van der Waals surface area contributed by atoms with E-state index in [1.54, 1.807) is 0 Å². The van der Waals surface area contributed by atoms with Crippen LogP contribution in [-0.2, 0) is 5.41 Å². The fourth-order valence-corrected chi connectivity index (χ4v) is 9.12. The second kappa shape index (κ2) is 11.8. The van der Waals surface area contributed by atoms with Gasteiger partial charge in [-0.2, -0.15) is 0 Å². The van der Waals surface area contributed by atoms with Crippen LogP contribution >= 0.6 is 15.9 Å². The number of fused-ring (bicyclic) bond motifs is 6. The topological polar surface area (TPSA) is 4.93 Å². The molecule has 0 bridgehead atoms. The zero-order valence-electron chi connectivity index (χ0n) is 27.8. The summed E-state index contributed by atoms with van der Waals surface area (Å²) in [4.78, 5) is 0. The minimum atomic E-state index is -0.454. The predicted molar refractivity (Wildman–Crippen MR) is 217 cm³/mol. The number of nitrogens with zero attached hydrogens (tertiary/aromatic N) is 1. The Morgan fingerprint density at radius 3 is 1.71 bits per heavy atom. The zero-order chi connectivity index (χ0) is 33.9. The smallest absolute Gasteiger partial charge is 0.0714 e. The molecule has 1 aliphatic rings. The number of para-hydroxylation sites is 1. The van der Waals surface area contributed by atoms with Crippen molar-refractivity contribution >= 4 is 37.7 Å². The standard InChI is InChI=1S/C49H32BrN/c50-44-23-11-8-18-38(44)34-28-26-33(27-29-34)35-30-31-40-39-19-9-12-24-45(39)51(47(40)32-35)46-25-13-22-43-48(46)41-20-7-10-21-42(41)49(43,36-14-3-1-4-15-36)37-16-5-2-6-17-37/h1-32H. The van der Waals surface area contributed by atoms with E-state index in [1.165, 1.54) is 83.1 Å². The average molecular weight is 715 g/mol. The van der Waals surface area contributed by atoms with Crippen LogP contribution in [0.25, 0.3) is 60.9 Å². The molecule has 51 heavy (non-hydrogen) atoms. The Bertz CT molecular complexity index is 2700. The van der Waals surface area contributed by atoms with E-state index < -0.39 is 5.41 Å². The van der Waals surface area contributed by atoms with Crippen LogP contribution in [0.5, 0.6) is 0 Å². The third-order valence-electron chi connectivity index (χ3n) is 10.8. The molecule has 1 aliphatic carbocycles. The van der Waals surface area contributed by atoms with E-state index >= 15 is 0 Å². The molecule has 1 nitrogen and oxygen atoms in total. The highest BCUT2D eigenvalue weighted by Gasteiger charge is 2.47. The summed E-state index contributed by atoms with van der Waals surface area (Å²) in [6.07, 6.45) is 0. The first-order valence-corrected chi connectivity index (χ1v) is 18.3. The second-order valence-electron chi connectivity index (χ2n) is 13.4. The fraction of sp³-hybridized carbons (Fsp3) is 0.0204. The highest BCUT2D eigenvalue weighted by molar-refractivity contribution is 9.10. The van der Waals surface area contributed by atoms with Gasteiger partial charge in [-0.3, -0.25) is 0 Å². The summed E-state index contributed by atoms with van der Waals surface area (Å²) >= 11 is 3.73. The summed E-state index contributed by atoms with van der Waals surface area (Å²) in [6.45, 7) is 0. The monoisotopic (exact) mass is 713 g/mol. The van der Waals surface area contributed by atoms with Crippen molar-refractivity contribution in [1.29, 1.82) is 0 Å². The summed E-state index contributed by atoms with van der Waals surface area (Å²) in [6, 6.07) is 71.2. The summed E-state index contributed by atoms with van der Waals surface area (Å²) in [7, 11) is 0. The van der Waals surface area contributed by atoms with E-state index in [0.717, 1.165) is 4.47 Å². The molecular formula is C49H32BrN. The van der Waals surface area contributed by atoms with Crippen LogP contribution in [0.4, 0.5) is 0 Å². The molecule has 10 rings (SSSR count). The number of rotatable bonds is 5. The molecule has 0 unspecified atom stereocenters. The molecule has 9 aromatic rings. The second-order valence-corrected chi connectivity index (χ2v) is 14.2. The van der Waals surface area contributed by atoms with Gasteiger partial charge in [-0.05, 0) is 74.3 Å². The van der Waals surface area contributed by atoms with Crippen molar-refractivity contribution in [3.8, 4) is 39.1 Å². The molecule has 0 atom stereocenters. The molecule has 0 saturated heterocycles. The molecule has 240 valence electrons. The first kappa shape index (κ1) is 29.9. The van der Waals surface area contributed by atoms with Crippen LogP contribution in [0.1, 0.15) is 22.3 Å². The molecule has 1 heterocycles. The van der Waals surface area contributed by atoms with Crippen LogP contribution in [0, 0.1) is 0 Å². The van der Waals surface area contributed by atoms with Crippen LogP contribution in [0.15, 0.2) is 199 Å². The number of hydrogen-bond acceptors (Lipinski definition) is 0. The van der Waals surface area contributed by atoms with Crippen molar-refractivity contribution in [3.63, 3.8) is 0 Å². The van der Waals surface area contributed by atoms with Crippen molar-refractivity contribution in [3.05, 3.63) is 221 Å². The van der Waals surface area contributed by atoms with Gasteiger partial charge in [-0.25, -0.2) is 0 Å². The first-order valence-electron chi connectivity index (χ1n) is 17.5. The molecule has 0 spiro atoms. The Hall–Kier alpha value is -5.96. The van der Waals surface area contributed by atoms with Crippen LogP contribution in [0.2, 0.25) is 0 Å². The largest absolute Gasteiger partial charge is 0.309 e.